The number of rotatable bonds is 6. The van der Waals surface area contributed by atoms with E-state index in [0.717, 1.165) is 36.5 Å². The molecule has 1 heterocycles. The number of hydrogen-bond acceptors (Lipinski definition) is 3. The van der Waals surface area contributed by atoms with Gasteiger partial charge in [0.15, 0.2) is 0 Å². The Hall–Kier alpha value is -1.78. The first-order valence-corrected chi connectivity index (χ1v) is 9.82. The zero-order valence-corrected chi connectivity index (χ0v) is 15.8. The summed E-state index contributed by atoms with van der Waals surface area (Å²) in [5.41, 5.74) is 2.12. The Morgan fingerprint density at radius 1 is 1.16 bits per heavy atom. The Balaban J connectivity index is 1.57. The van der Waals surface area contributed by atoms with E-state index in [9.17, 15) is 4.79 Å². The number of carbonyl (C=O) groups excluding carboxylic acids is 1. The van der Waals surface area contributed by atoms with Gasteiger partial charge in [0.25, 0.3) is 5.91 Å². The van der Waals surface area contributed by atoms with Gasteiger partial charge in [0.1, 0.15) is 0 Å². The van der Waals surface area contributed by atoms with E-state index >= 15 is 0 Å². The van der Waals surface area contributed by atoms with Crippen molar-refractivity contribution in [2.24, 2.45) is 0 Å². The van der Waals surface area contributed by atoms with Crippen LogP contribution in [0.3, 0.4) is 0 Å². The molecule has 4 heteroatoms. The molecule has 0 aliphatic carbocycles. The molecule has 0 spiro atoms. The van der Waals surface area contributed by atoms with Gasteiger partial charge < -0.3 is 5.32 Å². The number of nitrogens with one attached hydrogen (secondary N) is 1. The van der Waals surface area contributed by atoms with E-state index < -0.39 is 0 Å². The van der Waals surface area contributed by atoms with Crippen molar-refractivity contribution in [2.75, 3.05) is 13.1 Å². The number of amides is 1. The summed E-state index contributed by atoms with van der Waals surface area (Å²) in [7, 11) is 0. The third-order valence-electron chi connectivity index (χ3n) is 4.35. The fourth-order valence-corrected chi connectivity index (χ4v) is 4.16. The SMILES string of the molecule is CC(C)Sc1ccccc1C(=O)NC1CCN(Cc2ccccc2)C1. The van der Waals surface area contributed by atoms with Gasteiger partial charge in [0.05, 0.1) is 5.56 Å². The Morgan fingerprint density at radius 2 is 1.88 bits per heavy atom. The first-order chi connectivity index (χ1) is 12.1. The van der Waals surface area contributed by atoms with Crippen LogP contribution in [0.25, 0.3) is 0 Å². The third-order valence-corrected chi connectivity index (χ3v) is 5.43. The molecule has 3 rings (SSSR count). The highest BCUT2D eigenvalue weighted by molar-refractivity contribution is 8.00. The minimum Gasteiger partial charge on any atom is -0.348 e. The fourth-order valence-electron chi connectivity index (χ4n) is 3.21. The van der Waals surface area contributed by atoms with Crippen LogP contribution >= 0.6 is 11.8 Å². The van der Waals surface area contributed by atoms with Gasteiger partial charge in [0, 0.05) is 35.8 Å². The molecule has 1 N–H and O–H groups in total. The lowest BCUT2D eigenvalue weighted by Gasteiger charge is -2.17. The van der Waals surface area contributed by atoms with Crippen LogP contribution in [-0.2, 0) is 6.54 Å². The lowest BCUT2D eigenvalue weighted by Crippen LogP contribution is -2.37. The maximum atomic E-state index is 12.7. The molecule has 1 atom stereocenters. The van der Waals surface area contributed by atoms with Crippen molar-refractivity contribution in [3.8, 4) is 0 Å². The normalized spacial score (nSPS) is 17.8. The molecule has 1 fully saturated rings. The molecular formula is C21H26N2OS. The second-order valence-corrected chi connectivity index (χ2v) is 8.46. The summed E-state index contributed by atoms with van der Waals surface area (Å²) in [6.45, 7) is 7.20. The summed E-state index contributed by atoms with van der Waals surface area (Å²) in [6, 6.07) is 18.6. The average Bonchev–Trinajstić information content (AvgIpc) is 3.02. The maximum Gasteiger partial charge on any atom is 0.252 e. The van der Waals surface area contributed by atoms with Crippen LogP contribution in [-0.4, -0.2) is 35.2 Å². The van der Waals surface area contributed by atoms with Crippen molar-refractivity contribution in [3.05, 3.63) is 65.7 Å². The van der Waals surface area contributed by atoms with E-state index in [-0.39, 0.29) is 11.9 Å². The predicted octanol–water partition coefficient (Wildman–Crippen LogP) is 4.19. The second-order valence-electron chi connectivity index (χ2n) is 6.84. The monoisotopic (exact) mass is 354 g/mol. The van der Waals surface area contributed by atoms with Crippen molar-refractivity contribution in [2.45, 2.75) is 43.0 Å². The van der Waals surface area contributed by atoms with Crippen molar-refractivity contribution in [3.63, 3.8) is 0 Å². The molecule has 2 aromatic carbocycles. The van der Waals surface area contributed by atoms with Crippen molar-refractivity contribution in [1.82, 2.24) is 10.2 Å². The first kappa shape index (κ1) is 18.0. The smallest absolute Gasteiger partial charge is 0.252 e. The van der Waals surface area contributed by atoms with Gasteiger partial charge in [0.2, 0.25) is 0 Å². The van der Waals surface area contributed by atoms with E-state index in [1.165, 1.54) is 5.56 Å². The van der Waals surface area contributed by atoms with Gasteiger partial charge in [-0.2, -0.15) is 0 Å². The number of thioether (sulfide) groups is 1. The lowest BCUT2D eigenvalue weighted by atomic mass is 10.2. The highest BCUT2D eigenvalue weighted by atomic mass is 32.2. The van der Waals surface area contributed by atoms with Crippen LogP contribution in [0.5, 0.6) is 0 Å². The molecule has 2 aromatic rings. The Kier molecular flexibility index (Phi) is 6.16. The number of benzene rings is 2. The van der Waals surface area contributed by atoms with Gasteiger partial charge in [-0.1, -0.05) is 56.3 Å². The largest absolute Gasteiger partial charge is 0.348 e. The molecule has 0 radical (unpaired) electrons. The lowest BCUT2D eigenvalue weighted by molar-refractivity contribution is 0.0934. The minimum atomic E-state index is 0.0512. The van der Waals surface area contributed by atoms with Crippen LogP contribution in [0.15, 0.2) is 59.5 Å². The summed E-state index contributed by atoms with van der Waals surface area (Å²) < 4.78 is 0. The van der Waals surface area contributed by atoms with E-state index in [4.69, 9.17) is 0 Å². The molecule has 0 saturated carbocycles. The minimum absolute atomic E-state index is 0.0512. The fraction of sp³-hybridized carbons (Fsp3) is 0.381. The summed E-state index contributed by atoms with van der Waals surface area (Å²) in [5.74, 6) is 0.0512. The molecule has 0 bridgehead atoms. The van der Waals surface area contributed by atoms with Gasteiger partial charge in [-0.15, -0.1) is 11.8 Å². The average molecular weight is 355 g/mol. The quantitative estimate of drug-likeness (QED) is 0.790. The van der Waals surface area contributed by atoms with E-state index in [1.807, 2.05) is 30.3 Å². The summed E-state index contributed by atoms with van der Waals surface area (Å²) in [4.78, 5) is 16.2. The molecule has 1 aliphatic rings. The van der Waals surface area contributed by atoms with Crippen LogP contribution < -0.4 is 5.32 Å². The number of carbonyl (C=O) groups is 1. The molecule has 1 amide bonds. The zero-order chi connectivity index (χ0) is 17.6. The first-order valence-electron chi connectivity index (χ1n) is 8.94. The van der Waals surface area contributed by atoms with E-state index in [0.29, 0.717) is 5.25 Å². The number of likely N-dealkylation sites (tertiary alicyclic amines) is 1. The Morgan fingerprint density at radius 3 is 2.64 bits per heavy atom. The highest BCUT2D eigenvalue weighted by Crippen LogP contribution is 2.26. The van der Waals surface area contributed by atoms with Gasteiger partial charge in [-0.3, -0.25) is 9.69 Å². The van der Waals surface area contributed by atoms with Crippen LogP contribution in [0.2, 0.25) is 0 Å². The molecule has 1 unspecified atom stereocenters. The number of hydrogen-bond donors (Lipinski definition) is 1. The van der Waals surface area contributed by atoms with Gasteiger partial charge in [-0.05, 0) is 24.1 Å². The molecule has 132 valence electrons. The zero-order valence-electron chi connectivity index (χ0n) is 14.9. The maximum absolute atomic E-state index is 12.7. The van der Waals surface area contributed by atoms with Crippen molar-refractivity contribution in [1.29, 1.82) is 0 Å². The highest BCUT2D eigenvalue weighted by Gasteiger charge is 2.25. The van der Waals surface area contributed by atoms with Gasteiger partial charge in [-0.25, -0.2) is 0 Å². The molecular weight excluding hydrogens is 328 g/mol. The van der Waals surface area contributed by atoms with E-state index in [1.54, 1.807) is 11.8 Å². The summed E-state index contributed by atoms with van der Waals surface area (Å²) in [5, 5.41) is 3.69. The predicted molar refractivity (Wildman–Crippen MR) is 105 cm³/mol. The third kappa shape index (κ3) is 5.10. The topological polar surface area (TPSA) is 32.3 Å². The standard InChI is InChI=1S/C21H26N2OS/c1-16(2)25-20-11-7-6-10-19(20)21(24)22-18-12-13-23(15-18)14-17-8-4-3-5-9-17/h3-11,16,18H,12-15H2,1-2H3,(H,22,24). The molecule has 1 saturated heterocycles. The van der Waals surface area contributed by atoms with Crippen LogP contribution in [0.4, 0.5) is 0 Å². The van der Waals surface area contributed by atoms with Crippen LogP contribution in [0.1, 0.15) is 36.2 Å². The van der Waals surface area contributed by atoms with Crippen molar-refractivity contribution < 1.29 is 4.79 Å². The second kappa shape index (κ2) is 8.54. The molecule has 0 aromatic heterocycles. The van der Waals surface area contributed by atoms with Gasteiger partial charge >= 0.3 is 0 Å². The molecule has 1 aliphatic heterocycles. The van der Waals surface area contributed by atoms with Crippen LogP contribution in [0, 0.1) is 0 Å². The Bertz CT molecular complexity index is 702. The summed E-state index contributed by atoms with van der Waals surface area (Å²) >= 11 is 1.74. The molecule has 3 nitrogen and oxygen atoms in total. The van der Waals surface area contributed by atoms with E-state index in [2.05, 4.69) is 48.3 Å². The molecule has 25 heavy (non-hydrogen) atoms. The van der Waals surface area contributed by atoms with Crippen molar-refractivity contribution >= 4 is 17.7 Å². The summed E-state index contributed by atoms with van der Waals surface area (Å²) in [6.07, 6.45) is 1.01. The number of nitrogens with zero attached hydrogens (tertiary/aromatic N) is 1. The Labute approximate surface area is 154 Å².